The topological polar surface area (TPSA) is 94.5 Å². The van der Waals surface area contributed by atoms with Crippen molar-refractivity contribution in [3.05, 3.63) is 0 Å². The highest BCUT2D eigenvalue weighted by molar-refractivity contribution is 7.89. The zero-order valence-electron chi connectivity index (χ0n) is 13.9. The molecule has 0 radical (unpaired) electrons. The van der Waals surface area contributed by atoms with Gasteiger partial charge in [-0.3, -0.25) is 0 Å². The molecular formula is C15H24N2O6S. The van der Waals surface area contributed by atoms with Crippen LogP contribution < -0.4 is 0 Å². The fourth-order valence-corrected chi connectivity index (χ4v) is 5.03. The molecule has 0 bridgehead atoms. The van der Waals surface area contributed by atoms with Crippen LogP contribution in [-0.4, -0.2) is 68.7 Å². The van der Waals surface area contributed by atoms with Crippen LogP contribution in [0, 0.1) is 0 Å². The monoisotopic (exact) mass is 360 g/mol. The number of hydrogen-bond donors (Lipinski definition) is 0. The minimum Gasteiger partial charge on any atom is -0.464 e. The molecular weight excluding hydrogens is 336 g/mol. The Morgan fingerprint density at radius 3 is 2.79 bits per heavy atom. The second kappa shape index (κ2) is 6.97. The van der Waals surface area contributed by atoms with Crippen LogP contribution in [0.3, 0.4) is 0 Å². The average Bonchev–Trinajstić information content (AvgIpc) is 3.23. The van der Waals surface area contributed by atoms with E-state index in [4.69, 9.17) is 9.57 Å². The lowest BCUT2D eigenvalue weighted by Crippen LogP contribution is -2.47. The van der Waals surface area contributed by atoms with Crippen molar-refractivity contribution in [3.8, 4) is 0 Å². The summed E-state index contributed by atoms with van der Waals surface area (Å²) >= 11 is 0. The Bertz CT molecular complexity index is 603. The van der Waals surface area contributed by atoms with E-state index in [-0.39, 0.29) is 17.6 Å². The third-order valence-corrected chi connectivity index (χ3v) is 6.91. The van der Waals surface area contributed by atoms with Crippen molar-refractivity contribution in [1.29, 1.82) is 0 Å². The van der Waals surface area contributed by atoms with E-state index >= 15 is 0 Å². The van der Waals surface area contributed by atoms with E-state index < -0.39 is 21.6 Å². The molecule has 2 fully saturated rings. The Balaban J connectivity index is 1.50. The van der Waals surface area contributed by atoms with Gasteiger partial charge in [-0.05, 0) is 19.3 Å². The summed E-state index contributed by atoms with van der Waals surface area (Å²) in [7, 11) is -1.98. The molecule has 0 aromatic rings. The Morgan fingerprint density at radius 2 is 2.17 bits per heavy atom. The summed E-state index contributed by atoms with van der Waals surface area (Å²) in [6.45, 7) is 1.51. The van der Waals surface area contributed by atoms with Crippen molar-refractivity contribution in [2.75, 3.05) is 32.6 Å². The van der Waals surface area contributed by atoms with Gasteiger partial charge in [0.1, 0.15) is 5.60 Å². The van der Waals surface area contributed by atoms with Crippen LogP contribution in [0.25, 0.3) is 0 Å². The molecule has 1 spiro atoms. The van der Waals surface area contributed by atoms with Gasteiger partial charge < -0.3 is 14.3 Å². The van der Waals surface area contributed by atoms with E-state index in [0.29, 0.717) is 38.8 Å². The smallest absolute Gasteiger partial charge is 0.355 e. The van der Waals surface area contributed by atoms with Gasteiger partial charge in [-0.2, -0.15) is 0 Å². The molecule has 1 atom stereocenters. The van der Waals surface area contributed by atoms with Gasteiger partial charge >= 0.3 is 5.97 Å². The molecule has 24 heavy (non-hydrogen) atoms. The fraction of sp³-hybridized carbons (Fsp3) is 0.867. The molecule has 0 aromatic carbocycles. The molecule has 1 unspecified atom stereocenters. The Morgan fingerprint density at radius 1 is 1.42 bits per heavy atom. The maximum Gasteiger partial charge on any atom is 0.355 e. The SMILES string of the molecule is COC(=O)C1=NOC2(CCN(S(=O)(=O)CCC3CCCO3)CC2)C1. The molecule has 0 aliphatic carbocycles. The number of methoxy groups -OCH3 is 1. The summed E-state index contributed by atoms with van der Waals surface area (Å²) in [4.78, 5) is 17.0. The van der Waals surface area contributed by atoms with Crippen LogP contribution in [0.15, 0.2) is 5.16 Å². The van der Waals surface area contributed by atoms with Crippen molar-refractivity contribution < 1.29 is 27.5 Å². The van der Waals surface area contributed by atoms with Gasteiger partial charge in [-0.15, -0.1) is 0 Å². The molecule has 9 heteroatoms. The van der Waals surface area contributed by atoms with E-state index in [1.165, 1.54) is 11.4 Å². The molecule has 3 heterocycles. The molecule has 0 amide bonds. The molecule has 0 aromatic heterocycles. The van der Waals surface area contributed by atoms with Gasteiger partial charge in [0.25, 0.3) is 0 Å². The van der Waals surface area contributed by atoms with Gasteiger partial charge in [0.15, 0.2) is 5.71 Å². The Labute approximate surface area is 142 Å². The van der Waals surface area contributed by atoms with E-state index in [1.54, 1.807) is 0 Å². The summed E-state index contributed by atoms with van der Waals surface area (Å²) in [5.41, 5.74) is -0.295. The lowest BCUT2D eigenvalue weighted by atomic mass is 9.88. The molecule has 2 saturated heterocycles. The number of oxime groups is 1. The molecule has 0 N–H and O–H groups in total. The van der Waals surface area contributed by atoms with Crippen molar-refractivity contribution in [3.63, 3.8) is 0 Å². The first-order valence-electron chi connectivity index (χ1n) is 8.37. The van der Waals surface area contributed by atoms with Gasteiger partial charge in [0.2, 0.25) is 10.0 Å². The van der Waals surface area contributed by atoms with Crippen LogP contribution >= 0.6 is 0 Å². The van der Waals surface area contributed by atoms with Crippen molar-refractivity contribution in [2.24, 2.45) is 5.16 Å². The zero-order chi connectivity index (χ0) is 17.2. The average molecular weight is 360 g/mol. The Kier molecular flexibility index (Phi) is 5.12. The number of ether oxygens (including phenoxy) is 2. The first kappa shape index (κ1) is 17.6. The van der Waals surface area contributed by atoms with Crippen molar-refractivity contribution in [2.45, 2.75) is 50.2 Å². The summed E-state index contributed by atoms with van der Waals surface area (Å²) < 4.78 is 36.7. The third kappa shape index (κ3) is 3.73. The number of nitrogens with zero attached hydrogens (tertiary/aromatic N) is 2. The lowest BCUT2D eigenvalue weighted by Gasteiger charge is -2.36. The molecule has 3 rings (SSSR count). The number of hydrogen-bond acceptors (Lipinski definition) is 7. The van der Waals surface area contributed by atoms with Crippen LogP contribution in [0.1, 0.15) is 38.5 Å². The van der Waals surface area contributed by atoms with E-state index in [9.17, 15) is 13.2 Å². The summed E-state index contributed by atoms with van der Waals surface area (Å²) in [5.74, 6) is -0.367. The first-order chi connectivity index (χ1) is 11.4. The van der Waals surface area contributed by atoms with Crippen LogP contribution in [0.5, 0.6) is 0 Å². The minimum absolute atomic E-state index is 0.0742. The van der Waals surface area contributed by atoms with Gasteiger partial charge in [-0.25, -0.2) is 17.5 Å². The summed E-state index contributed by atoms with van der Waals surface area (Å²) in [6.07, 6.45) is 4.01. The number of sulfonamides is 1. The Hall–Kier alpha value is -1.19. The highest BCUT2D eigenvalue weighted by Gasteiger charge is 2.45. The van der Waals surface area contributed by atoms with E-state index in [2.05, 4.69) is 9.89 Å². The normalized spacial score (nSPS) is 27.0. The maximum absolute atomic E-state index is 12.5. The molecule has 3 aliphatic heterocycles. The van der Waals surface area contributed by atoms with Crippen molar-refractivity contribution in [1.82, 2.24) is 4.31 Å². The third-order valence-electron chi connectivity index (χ3n) is 5.01. The molecule has 3 aliphatic rings. The molecule has 136 valence electrons. The number of esters is 1. The zero-order valence-corrected chi connectivity index (χ0v) is 14.7. The van der Waals surface area contributed by atoms with E-state index in [0.717, 1.165) is 19.4 Å². The maximum atomic E-state index is 12.5. The molecule has 8 nitrogen and oxygen atoms in total. The van der Waals surface area contributed by atoms with Crippen LogP contribution in [-0.2, 0) is 29.1 Å². The highest BCUT2D eigenvalue weighted by Crippen LogP contribution is 2.35. The summed E-state index contributed by atoms with van der Waals surface area (Å²) in [6, 6.07) is 0. The fourth-order valence-electron chi connectivity index (χ4n) is 3.47. The number of piperidine rings is 1. The number of carbonyl (C=O) groups is 1. The van der Waals surface area contributed by atoms with Crippen molar-refractivity contribution >= 4 is 21.7 Å². The van der Waals surface area contributed by atoms with Gasteiger partial charge in [0, 0.05) is 39.0 Å². The predicted octanol–water partition coefficient (Wildman–Crippen LogP) is 0.669. The number of rotatable bonds is 5. The van der Waals surface area contributed by atoms with Gasteiger partial charge in [-0.1, -0.05) is 5.16 Å². The quantitative estimate of drug-likeness (QED) is 0.669. The standard InChI is InChI=1S/C15H24N2O6S/c1-21-14(18)13-11-15(23-16-13)5-7-17(8-6-15)24(19,20)10-4-12-3-2-9-22-12/h12H,2-11H2,1H3. The largest absolute Gasteiger partial charge is 0.464 e. The number of carbonyl (C=O) groups excluding carboxylic acids is 1. The van der Waals surface area contributed by atoms with Crippen LogP contribution in [0.2, 0.25) is 0 Å². The van der Waals surface area contributed by atoms with Crippen LogP contribution in [0.4, 0.5) is 0 Å². The second-order valence-electron chi connectivity index (χ2n) is 6.62. The first-order valence-corrected chi connectivity index (χ1v) is 9.98. The summed E-state index contributed by atoms with van der Waals surface area (Å²) in [5, 5.41) is 3.82. The second-order valence-corrected chi connectivity index (χ2v) is 8.71. The molecule has 0 saturated carbocycles. The minimum atomic E-state index is -3.28. The predicted molar refractivity (Wildman–Crippen MR) is 86.1 cm³/mol. The lowest BCUT2D eigenvalue weighted by molar-refractivity contribution is -0.132. The van der Waals surface area contributed by atoms with E-state index in [1.807, 2.05) is 0 Å². The highest BCUT2D eigenvalue weighted by atomic mass is 32.2. The van der Waals surface area contributed by atoms with Gasteiger partial charge in [0.05, 0.1) is 19.0 Å².